The second-order valence-corrected chi connectivity index (χ2v) is 10.9. The minimum Gasteiger partial charge on any atom is -0.456 e. The van der Waals surface area contributed by atoms with Gasteiger partial charge < -0.3 is 31.0 Å². The Morgan fingerprint density at radius 2 is 2.10 bits per heavy atom. The Kier molecular flexibility index (Phi) is 9.30. The molecule has 3 aromatic rings. The Bertz CT molecular complexity index is 1430. The Labute approximate surface area is 241 Å². The van der Waals surface area contributed by atoms with Crippen molar-refractivity contribution < 1.29 is 14.3 Å². The highest BCUT2D eigenvalue weighted by atomic mass is 16.5. The van der Waals surface area contributed by atoms with Crippen LogP contribution in [0.15, 0.2) is 55.0 Å². The molecule has 1 aliphatic heterocycles. The molecule has 0 saturated carbocycles. The van der Waals surface area contributed by atoms with Crippen molar-refractivity contribution >= 4 is 11.9 Å². The van der Waals surface area contributed by atoms with Crippen LogP contribution in [0, 0.1) is 17.2 Å². The molecule has 10 nitrogen and oxygen atoms in total. The molecular formula is C31H39N7O3. The molecule has 1 saturated heterocycles. The number of likely N-dealkylation sites (tertiary alicyclic amines) is 1. The smallest absolute Gasteiger partial charge is 0.312 e. The van der Waals surface area contributed by atoms with E-state index < -0.39 is 11.6 Å². The van der Waals surface area contributed by atoms with E-state index in [9.17, 15) is 14.9 Å². The summed E-state index contributed by atoms with van der Waals surface area (Å²) in [6, 6.07) is 14.5. The summed E-state index contributed by atoms with van der Waals surface area (Å²) in [4.78, 5) is 31.0. The lowest BCUT2D eigenvalue weighted by Crippen LogP contribution is -2.42. The van der Waals surface area contributed by atoms with Gasteiger partial charge in [-0.3, -0.25) is 4.79 Å². The van der Waals surface area contributed by atoms with Crippen molar-refractivity contribution in [1.29, 1.82) is 5.26 Å². The van der Waals surface area contributed by atoms with Gasteiger partial charge in [0.25, 0.3) is 0 Å². The van der Waals surface area contributed by atoms with E-state index >= 15 is 0 Å². The number of benzene rings is 2. The molecule has 41 heavy (non-hydrogen) atoms. The fourth-order valence-corrected chi connectivity index (χ4v) is 5.78. The number of aromatic nitrogens is 2. The molecule has 10 heteroatoms. The van der Waals surface area contributed by atoms with E-state index in [1.54, 1.807) is 24.7 Å². The number of urea groups is 1. The van der Waals surface area contributed by atoms with Gasteiger partial charge in [-0.2, -0.15) is 5.26 Å². The number of primary amides is 1. The van der Waals surface area contributed by atoms with Crippen LogP contribution in [0.4, 0.5) is 4.79 Å². The van der Waals surface area contributed by atoms with Crippen LogP contribution in [0.2, 0.25) is 0 Å². The third-order valence-corrected chi connectivity index (χ3v) is 7.89. The molecule has 0 radical (unpaired) electrons. The van der Waals surface area contributed by atoms with Crippen LogP contribution in [-0.2, 0) is 17.4 Å². The van der Waals surface area contributed by atoms with Crippen LogP contribution in [0.3, 0.4) is 0 Å². The van der Waals surface area contributed by atoms with Crippen molar-refractivity contribution in [3.05, 3.63) is 77.4 Å². The van der Waals surface area contributed by atoms with Gasteiger partial charge in [0, 0.05) is 26.7 Å². The molecule has 0 spiro atoms. The summed E-state index contributed by atoms with van der Waals surface area (Å²) in [6.07, 6.45) is 7.15. The van der Waals surface area contributed by atoms with Gasteiger partial charge in [-0.05, 0) is 67.5 Å². The fourth-order valence-electron chi connectivity index (χ4n) is 5.78. The highest BCUT2D eigenvalue weighted by Crippen LogP contribution is 2.38. The molecule has 3 amide bonds. The highest BCUT2D eigenvalue weighted by Gasteiger charge is 2.35. The summed E-state index contributed by atoms with van der Waals surface area (Å²) in [5.74, 6) is 0.807. The monoisotopic (exact) mass is 557 g/mol. The van der Waals surface area contributed by atoms with Gasteiger partial charge in [-0.1, -0.05) is 31.5 Å². The fraction of sp³-hybridized carbons (Fsp3) is 0.419. The first-order valence-corrected chi connectivity index (χ1v) is 14.1. The van der Waals surface area contributed by atoms with E-state index in [4.69, 9.17) is 16.2 Å². The summed E-state index contributed by atoms with van der Waals surface area (Å²) in [5, 5.41) is 12.4. The topological polar surface area (TPSA) is 152 Å². The van der Waals surface area contributed by atoms with E-state index in [0.29, 0.717) is 36.7 Å². The highest BCUT2D eigenvalue weighted by molar-refractivity contribution is 5.84. The lowest BCUT2D eigenvalue weighted by molar-refractivity contribution is -0.133. The summed E-state index contributed by atoms with van der Waals surface area (Å²) in [5.41, 5.74) is 13.9. The van der Waals surface area contributed by atoms with Crippen molar-refractivity contribution in [2.75, 3.05) is 19.6 Å². The summed E-state index contributed by atoms with van der Waals surface area (Å²) < 4.78 is 8.18. The molecule has 0 bridgehead atoms. The molecule has 5 N–H and O–H groups in total. The van der Waals surface area contributed by atoms with Crippen molar-refractivity contribution in [1.82, 2.24) is 19.8 Å². The molecule has 216 valence electrons. The largest absolute Gasteiger partial charge is 0.456 e. The number of nitriles is 1. The maximum Gasteiger partial charge on any atom is 0.312 e. The van der Waals surface area contributed by atoms with E-state index in [1.165, 1.54) is 0 Å². The number of hydrogen-bond acceptors (Lipinski definition) is 6. The van der Waals surface area contributed by atoms with Crippen molar-refractivity contribution in [3.63, 3.8) is 0 Å². The third kappa shape index (κ3) is 6.69. The van der Waals surface area contributed by atoms with Crippen molar-refractivity contribution in [2.24, 2.45) is 24.4 Å². The Morgan fingerprint density at radius 1 is 1.29 bits per heavy atom. The van der Waals surface area contributed by atoms with Gasteiger partial charge in [0.2, 0.25) is 5.91 Å². The number of amides is 3. The van der Waals surface area contributed by atoms with E-state index in [-0.39, 0.29) is 17.7 Å². The SMILES string of the molecule is CCCC1CCCN(CCNC(N)=O)C(=O)C1c1cccc(Oc2cc(C(C)(N)c3cncn3C)ccc2C#N)c1. The molecular weight excluding hydrogens is 518 g/mol. The van der Waals surface area contributed by atoms with Crippen LogP contribution < -0.4 is 21.5 Å². The Balaban J connectivity index is 1.65. The van der Waals surface area contributed by atoms with Crippen molar-refractivity contribution in [3.8, 4) is 17.6 Å². The number of carbonyl (C=O) groups is 2. The average Bonchev–Trinajstić information content (AvgIpc) is 3.32. The number of nitrogens with zero attached hydrogens (tertiary/aromatic N) is 4. The first-order valence-electron chi connectivity index (χ1n) is 14.1. The number of aryl methyl sites for hydroxylation is 1. The normalized spacial score (nSPS) is 18.7. The molecule has 3 atom stereocenters. The number of nitrogens with one attached hydrogen (secondary N) is 1. The first-order chi connectivity index (χ1) is 19.6. The molecule has 2 heterocycles. The number of hydrogen-bond donors (Lipinski definition) is 3. The van der Waals surface area contributed by atoms with Gasteiger partial charge in [0.05, 0.1) is 35.2 Å². The lowest BCUT2D eigenvalue weighted by Gasteiger charge is -2.28. The summed E-state index contributed by atoms with van der Waals surface area (Å²) in [6.45, 7) is 5.38. The van der Waals surface area contributed by atoms with Gasteiger partial charge in [0.15, 0.2) is 0 Å². The van der Waals surface area contributed by atoms with Crippen LogP contribution in [0.1, 0.15) is 67.8 Å². The van der Waals surface area contributed by atoms with Crippen molar-refractivity contribution in [2.45, 2.75) is 51.0 Å². The molecule has 4 rings (SSSR count). The summed E-state index contributed by atoms with van der Waals surface area (Å²) >= 11 is 0. The lowest BCUT2D eigenvalue weighted by atomic mass is 9.80. The van der Waals surface area contributed by atoms with Gasteiger partial charge in [-0.15, -0.1) is 0 Å². The van der Waals surface area contributed by atoms with Gasteiger partial charge in [-0.25, -0.2) is 9.78 Å². The molecule has 1 aromatic heterocycles. The molecule has 2 aromatic carbocycles. The number of ether oxygens (including phenoxy) is 1. The maximum absolute atomic E-state index is 13.8. The number of nitrogens with two attached hydrogens (primary N) is 2. The minimum atomic E-state index is -0.869. The zero-order chi connectivity index (χ0) is 29.6. The number of carbonyl (C=O) groups excluding carboxylic acids is 2. The second kappa shape index (κ2) is 12.9. The number of imidazole rings is 1. The predicted octanol–water partition coefficient (Wildman–Crippen LogP) is 4.10. The van der Waals surface area contributed by atoms with E-state index in [1.807, 2.05) is 53.8 Å². The maximum atomic E-state index is 13.8. The molecule has 0 aliphatic carbocycles. The van der Waals surface area contributed by atoms with Crippen LogP contribution in [0.5, 0.6) is 11.5 Å². The Hall–Kier alpha value is -4.36. The molecule has 3 unspecified atom stereocenters. The van der Waals surface area contributed by atoms with E-state index in [0.717, 1.165) is 42.5 Å². The Morgan fingerprint density at radius 3 is 2.78 bits per heavy atom. The zero-order valence-corrected chi connectivity index (χ0v) is 24.0. The minimum absolute atomic E-state index is 0.0409. The molecule has 1 aliphatic rings. The zero-order valence-electron chi connectivity index (χ0n) is 24.0. The number of rotatable bonds is 10. The van der Waals surface area contributed by atoms with Gasteiger partial charge >= 0.3 is 6.03 Å². The first kappa shape index (κ1) is 29.6. The van der Waals surface area contributed by atoms with Gasteiger partial charge in [0.1, 0.15) is 17.6 Å². The van der Waals surface area contributed by atoms with Crippen LogP contribution in [0.25, 0.3) is 0 Å². The predicted molar refractivity (Wildman–Crippen MR) is 156 cm³/mol. The third-order valence-electron chi connectivity index (χ3n) is 7.89. The van der Waals surface area contributed by atoms with Crippen LogP contribution in [-0.4, -0.2) is 46.0 Å². The summed E-state index contributed by atoms with van der Waals surface area (Å²) in [7, 11) is 1.88. The molecule has 1 fully saturated rings. The second-order valence-electron chi connectivity index (χ2n) is 10.9. The standard InChI is InChI=1S/C31H39N7O3/c1-4-7-21-9-6-14-38(15-13-36-30(33)40)29(39)28(21)22-8-5-10-25(16-22)41-26-17-24(12-11-23(26)18-32)31(2,34)27-19-35-20-37(27)3/h5,8,10-12,16-17,19-21,28H,4,6-7,9,13-15,34H2,1-3H3,(H3,33,36,40). The average molecular weight is 558 g/mol. The quantitative estimate of drug-likeness (QED) is 0.341. The van der Waals surface area contributed by atoms with E-state index in [2.05, 4.69) is 23.3 Å². The van der Waals surface area contributed by atoms with Crippen LogP contribution >= 0.6 is 0 Å².